The fourth-order valence-corrected chi connectivity index (χ4v) is 4.74. The van der Waals surface area contributed by atoms with Crippen LogP contribution in [0.15, 0.2) is 18.2 Å². The van der Waals surface area contributed by atoms with Crippen LogP contribution in [0.5, 0.6) is 0 Å². The van der Waals surface area contributed by atoms with Gasteiger partial charge in [-0.05, 0) is 37.3 Å². The number of rotatable bonds is 5. The van der Waals surface area contributed by atoms with Crippen molar-refractivity contribution in [3.8, 4) is 0 Å². The molecule has 0 radical (unpaired) electrons. The molecule has 1 aromatic rings. The first-order valence-electron chi connectivity index (χ1n) is 10.9. The Morgan fingerprint density at radius 1 is 1.17 bits per heavy atom. The third kappa shape index (κ3) is 4.57. The van der Waals surface area contributed by atoms with Crippen molar-refractivity contribution in [3.63, 3.8) is 0 Å². The number of nitrogens with zero attached hydrogens (tertiary/aromatic N) is 4. The maximum atomic E-state index is 13.3. The second kappa shape index (κ2) is 9.45. The number of hydrogen-bond donors (Lipinski definition) is 0. The molecule has 30 heavy (non-hydrogen) atoms. The van der Waals surface area contributed by atoms with E-state index in [1.54, 1.807) is 17.0 Å². The lowest BCUT2D eigenvalue weighted by molar-refractivity contribution is -0.384. The van der Waals surface area contributed by atoms with Crippen molar-refractivity contribution < 1.29 is 14.5 Å². The van der Waals surface area contributed by atoms with E-state index in [2.05, 4.69) is 13.8 Å². The highest BCUT2D eigenvalue weighted by molar-refractivity contribution is 5.96. The van der Waals surface area contributed by atoms with Crippen LogP contribution in [0.25, 0.3) is 0 Å². The average molecular weight is 417 g/mol. The second-order valence-corrected chi connectivity index (χ2v) is 8.43. The quantitative estimate of drug-likeness (QED) is 0.543. The zero-order chi connectivity index (χ0) is 21.8. The number of carbonyl (C=O) groups excluding carboxylic acids is 2. The van der Waals surface area contributed by atoms with Crippen molar-refractivity contribution in [3.05, 3.63) is 33.9 Å². The molecule has 0 spiro atoms. The van der Waals surface area contributed by atoms with Gasteiger partial charge in [-0.15, -0.1) is 0 Å². The van der Waals surface area contributed by atoms with Crippen molar-refractivity contribution in [1.82, 2.24) is 9.80 Å². The van der Waals surface area contributed by atoms with E-state index in [1.165, 1.54) is 13.0 Å². The first kappa shape index (κ1) is 22.1. The molecular formula is C22H32N4O4. The van der Waals surface area contributed by atoms with Gasteiger partial charge in [-0.25, -0.2) is 0 Å². The van der Waals surface area contributed by atoms with Gasteiger partial charge in [-0.1, -0.05) is 20.3 Å². The Kier molecular flexibility index (Phi) is 6.95. The number of amides is 2. The monoisotopic (exact) mass is 416 g/mol. The topological polar surface area (TPSA) is 87.0 Å². The summed E-state index contributed by atoms with van der Waals surface area (Å²) in [6.07, 6.45) is 4.03. The van der Waals surface area contributed by atoms with Gasteiger partial charge in [0.25, 0.3) is 11.6 Å². The highest BCUT2D eigenvalue weighted by atomic mass is 16.6. The van der Waals surface area contributed by atoms with Gasteiger partial charge in [-0.2, -0.15) is 0 Å². The van der Waals surface area contributed by atoms with Gasteiger partial charge in [0.15, 0.2) is 0 Å². The van der Waals surface area contributed by atoms with E-state index in [0.717, 1.165) is 25.7 Å². The van der Waals surface area contributed by atoms with Crippen molar-refractivity contribution >= 4 is 23.2 Å². The molecule has 0 aromatic heterocycles. The summed E-state index contributed by atoms with van der Waals surface area (Å²) in [5.41, 5.74) is 0.842. The minimum Gasteiger partial charge on any atom is -0.362 e. The number of carbonyl (C=O) groups is 2. The molecule has 164 valence electrons. The SMILES string of the molecule is CCC[C@@H]1[C@@H](C)CCCN1C(=O)c1ccc(N2CCN(C(C)=O)CC2)c([N+](=O)[O-])c1. The van der Waals surface area contributed by atoms with Gasteiger partial charge in [0, 0.05) is 57.3 Å². The lowest BCUT2D eigenvalue weighted by Crippen LogP contribution is -2.48. The maximum absolute atomic E-state index is 13.3. The number of nitro benzene ring substituents is 1. The number of hydrogen-bond acceptors (Lipinski definition) is 5. The Balaban J connectivity index is 1.83. The summed E-state index contributed by atoms with van der Waals surface area (Å²) in [6.45, 7) is 8.70. The van der Waals surface area contributed by atoms with Crippen LogP contribution < -0.4 is 4.90 Å². The molecular weight excluding hydrogens is 384 g/mol. The predicted molar refractivity (Wildman–Crippen MR) is 116 cm³/mol. The molecule has 1 aromatic carbocycles. The van der Waals surface area contributed by atoms with Crippen LogP contribution in [0.3, 0.4) is 0 Å². The molecule has 2 atom stereocenters. The summed E-state index contributed by atoms with van der Waals surface area (Å²) in [4.78, 5) is 41.8. The molecule has 2 fully saturated rings. The van der Waals surface area contributed by atoms with Gasteiger partial charge in [0.05, 0.1) is 4.92 Å². The predicted octanol–water partition coefficient (Wildman–Crippen LogP) is 3.30. The lowest BCUT2D eigenvalue weighted by Gasteiger charge is -2.40. The van der Waals surface area contributed by atoms with E-state index in [1.807, 2.05) is 9.80 Å². The third-order valence-corrected chi connectivity index (χ3v) is 6.45. The average Bonchev–Trinajstić information content (AvgIpc) is 2.74. The van der Waals surface area contributed by atoms with Crippen molar-refractivity contribution in [2.75, 3.05) is 37.6 Å². The number of piperidine rings is 1. The van der Waals surface area contributed by atoms with Crippen molar-refractivity contribution in [1.29, 1.82) is 0 Å². The molecule has 2 saturated heterocycles. The number of benzene rings is 1. The number of piperazine rings is 1. The molecule has 8 nitrogen and oxygen atoms in total. The molecule has 3 rings (SSSR count). The minimum atomic E-state index is -0.411. The zero-order valence-corrected chi connectivity index (χ0v) is 18.2. The molecule has 2 heterocycles. The molecule has 2 aliphatic rings. The standard InChI is InChI=1S/C22H32N4O4/c1-4-6-19-16(2)7-5-10-25(19)22(28)18-8-9-20(21(15-18)26(29)30)24-13-11-23(12-14-24)17(3)27/h8-9,15-16,19H,4-7,10-14H2,1-3H3/t16-,19+/m0/s1. The highest BCUT2D eigenvalue weighted by Crippen LogP contribution is 2.33. The van der Waals surface area contributed by atoms with Crippen LogP contribution >= 0.6 is 0 Å². The third-order valence-electron chi connectivity index (χ3n) is 6.45. The summed E-state index contributed by atoms with van der Waals surface area (Å²) in [5.74, 6) is 0.341. The first-order valence-corrected chi connectivity index (χ1v) is 10.9. The van der Waals surface area contributed by atoms with Crippen LogP contribution in [0.2, 0.25) is 0 Å². The Labute approximate surface area is 178 Å². The molecule has 2 amide bonds. The fourth-order valence-electron chi connectivity index (χ4n) is 4.74. The van der Waals surface area contributed by atoms with Crippen LogP contribution in [0, 0.1) is 16.0 Å². The highest BCUT2D eigenvalue weighted by Gasteiger charge is 2.33. The fraction of sp³-hybridized carbons (Fsp3) is 0.636. The van der Waals surface area contributed by atoms with E-state index in [-0.39, 0.29) is 23.5 Å². The molecule has 0 saturated carbocycles. The van der Waals surface area contributed by atoms with E-state index >= 15 is 0 Å². The molecule has 8 heteroatoms. The number of likely N-dealkylation sites (tertiary alicyclic amines) is 1. The largest absolute Gasteiger partial charge is 0.362 e. The smallest absolute Gasteiger partial charge is 0.293 e. The molecule has 2 aliphatic heterocycles. The van der Waals surface area contributed by atoms with Crippen LogP contribution in [0.4, 0.5) is 11.4 Å². The van der Waals surface area contributed by atoms with Crippen molar-refractivity contribution in [2.45, 2.75) is 52.5 Å². The first-order chi connectivity index (χ1) is 14.3. The number of anilines is 1. The van der Waals surface area contributed by atoms with Crippen molar-refractivity contribution in [2.24, 2.45) is 5.92 Å². The minimum absolute atomic E-state index is 0.0162. The van der Waals surface area contributed by atoms with E-state index < -0.39 is 4.92 Å². The summed E-state index contributed by atoms with van der Waals surface area (Å²) in [6, 6.07) is 5.02. The van der Waals surface area contributed by atoms with Gasteiger partial charge in [0.2, 0.25) is 5.91 Å². The Hall–Kier alpha value is -2.64. The zero-order valence-electron chi connectivity index (χ0n) is 18.2. The lowest BCUT2D eigenvalue weighted by atomic mass is 9.87. The summed E-state index contributed by atoms with van der Waals surface area (Å²) < 4.78 is 0. The normalized spacial score (nSPS) is 22.2. The van der Waals surface area contributed by atoms with E-state index in [4.69, 9.17) is 0 Å². The van der Waals surface area contributed by atoms with E-state index in [0.29, 0.717) is 49.9 Å². The second-order valence-electron chi connectivity index (χ2n) is 8.43. The maximum Gasteiger partial charge on any atom is 0.293 e. The van der Waals surface area contributed by atoms with Gasteiger partial charge in [0.1, 0.15) is 5.69 Å². The summed E-state index contributed by atoms with van der Waals surface area (Å²) in [7, 11) is 0. The molecule has 0 unspecified atom stereocenters. The van der Waals surface area contributed by atoms with Crippen LogP contribution in [-0.4, -0.2) is 65.3 Å². The van der Waals surface area contributed by atoms with Crippen LogP contribution in [0.1, 0.15) is 56.8 Å². The van der Waals surface area contributed by atoms with Gasteiger partial charge < -0.3 is 14.7 Å². The van der Waals surface area contributed by atoms with Gasteiger partial charge in [-0.3, -0.25) is 19.7 Å². The Morgan fingerprint density at radius 3 is 2.47 bits per heavy atom. The Bertz CT molecular complexity index is 804. The Morgan fingerprint density at radius 2 is 1.87 bits per heavy atom. The molecule has 0 N–H and O–H groups in total. The van der Waals surface area contributed by atoms with Gasteiger partial charge >= 0.3 is 0 Å². The van der Waals surface area contributed by atoms with E-state index in [9.17, 15) is 19.7 Å². The summed E-state index contributed by atoms with van der Waals surface area (Å²) in [5, 5.41) is 11.8. The molecule has 0 bridgehead atoms. The summed E-state index contributed by atoms with van der Waals surface area (Å²) >= 11 is 0. The van der Waals surface area contributed by atoms with Crippen LogP contribution in [-0.2, 0) is 4.79 Å². The molecule has 0 aliphatic carbocycles. The number of nitro groups is 1.